The van der Waals surface area contributed by atoms with Gasteiger partial charge in [0.2, 0.25) is 15.9 Å². The maximum atomic E-state index is 12.5. The van der Waals surface area contributed by atoms with Crippen LogP contribution in [0.1, 0.15) is 24.4 Å². The Balaban J connectivity index is 1.47. The van der Waals surface area contributed by atoms with E-state index in [4.69, 9.17) is 4.74 Å². The van der Waals surface area contributed by atoms with Gasteiger partial charge in [-0.05, 0) is 26.3 Å². The molecule has 1 fully saturated rings. The van der Waals surface area contributed by atoms with E-state index in [1.54, 1.807) is 11.3 Å². The van der Waals surface area contributed by atoms with Crippen LogP contribution in [0, 0.1) is 6.92 Å². The SMILES string of the molecule is Cc1nc(-c2ccc(CC(=O)NCCS(=O)(=O)N3C[C@@H](C)O[C@@H](C)C3)cc2)cs1. The fourth-order valence-electron chi connectivity index (χ4n) is 3.34. The minimum atomic E-state index is -3.42. The summed E-state index contributed by atoms with van der Waals surface area (Å²) < 4.78 is 32.0. The van der Waals surface area contributed by atoms with Crippen molar-refractivity contribution >= 4 is 27.3 Å². The van der Waals surface area contributed by atoms with Crippen LogP contribution in [0.3, 0.4) is 0 Å². The summed E-state index contributed by atoms with van der Waals surface area (Å²) in [6.07, 6.45) is -0.0410. The lowest BCUT2D eigenvalue weighted by Crippen LogP contribution is -2.49. The van der Waals surface area contributed by atoms with E-state index in [9.17, 15) is 13.2 Å². The molecule has 158 valence electrons. The average molecular weight is 438 g/mol. The summed E-state index contributed by atoms with van der Waals surface area (Å²) in [6.45, 7) is 6.49. The van der Waals surface area contributed by atoms with Gasteiger partial charge >= 0.3 is 0 Å². The first kappa shape index (κ1) is 21.9. The van der Waals surface area contributed by atoms with E-state index in [2.05, 4.69) is 10.3 Å². The van der Waals surface area contributed by atoms with Gasteiger partial charge in [-0.3, -0.25) is 4.79 Å². The van der Waals surface area contributed by atoms with Crippen LogP contribution in [-0.4, -0.2) is 61.2 Å². The van der Waals surface area contributed by atoms with Crippen LogP contribution >= 0.6 is 11.3 Å². The van der Waals surface area contributed by atoms with Crippen LogP contribution in [0.25, 0.3) is 11.3 Å². The highest BCUT2D eigenvalue weighted by Gasteiger charge is 2.30. The Bertz CT molecular complexity index is 931. The molecule has 0 unspecified atom stereocenters. The lowest BCUT2D eigenvalue weighted by Gasteiger charge is -2.34. The molecule has 1 aromatic carbocycles. The molecule has 0 radical (unpaired) electrons. The van der Waals surface area contributed by atoms with Crippen LogP contribution < -0.4 is 5.32 Å². The van der Waals surface area contributed by atoms with E-state index in [1.165, 1.54) is 4.31 Å². The number of carbonyl (C=O) groups excluding carboxylic acids is 1. The number of nitrogens with zero attached hydrogens (tertiary/aromatic N) is 2. The molecule has 2 heterocycles. The van der Waals surface area contributed by atoms with E-state index in [1.807, 2.05) is 50.4 Å². The number of sulfonamides is 1. The maximum Gasteiger partial charge on any atom is 0.224 e. The maximum absolute atomic E-state index is 12.5. The van der Waals surface area contributed by atoms with Crippen LogP contribution in [0.2, 0.25) is 0 Å². The molecule has 9 heteroatoms. The summed E-state index contributed by atoms with van der Waals surface area (Å²) in [5.74, 6) is -0.304. The van der Waals surface area contributed by atoms with Gasteiger partial charge in [-0.15, -0.1) is 11.3 Å². The number of aromatic nitrogens is 1. The molecular formula is C20H27N3O4S2. The van der Waals surface area contributed by atoms with E-state index < -0.39 is 10.0 Å². The second-order valence-electron chi connectivity index (χ2n) is 7.37. The number of aryl methyl sites for hydroxylation is 1. The fourth-order valence-corrected chi connectivity index (χ4v) is 5.46. The molecule has 2 atom stereocenters. The number of benzene rings is 1. The fraction of sp³-hybridized carbons (Fsp3) is 0.500. The zero-order chi connectivity index (χ0) is 21.0. The summed E-state index contributed by atoms with van der Waals surface area (Å²) in [6, 6.07) is 7.69. The molecule has 1 amide bonds. The van der Waals surface area contributed by atoms with Crippen LogP contribution in [0.15, 0.2) is 29.6 Å². The van der Waals surface area contributed by atoms with Crippen molar-refractivity contribution in [2.45, 2.75) is 39.4 Å². The molecule has 0 aliphatic carbocycles. The molecule has 1 aliphatic rings. The summed E-state index contributed by atoms with van der Waals surface area (Å²) in [5, 5.41) is 5.73. The first-order valence-electron chi connectivity index (χ1n) is 9.64. The number of morpholine rings is 1. The summed E-state index contributed by atoms with van der Waals surface area (Å²) in [5.41, 5.74) is 2.82. The van der Waals surface area contributed by atoms with E-state index in [-0.39, 0.29) is 36.8 Å². The minimum Gasteiger partial charge on any atom is -0.373 e. The molecule has 29 heavy (non-hydrogen) atoms. The first-order chi connectivity index (χ1) is 13.7. The molecule has 0 bridgehead atoms. The second kappa shape index (κ2) is 9.34. The van der Waals surface area contributed by atoms with Gasteiger partial charge in [0.05, 0.1) is 35.1 Å². The van der Waals surface area contributed by atoms with Gasteiger partial charge in [-0.25, -0.2) is 13.4 Å². The largest absolute Gasteiger partial charge is 0.373 e. The van der Waals surface area contributed by atoms with Gasteiger partial charge in [0.1, 0.15) is 0 Å². The Labute approximate surface area is 176 Å². The Morgan fingerprint density at radius 1 is 1.24 bits per heavy atom. The smallest absolute Gasteiger partial charge is 0.224 e. The number of nitrogens with one attached hydrogen (secondary N) is 1. The van der Waals surface area contributed by atoms with E-state index in [0.717, 1.165) is 21.8 Å². The number of rotatable bonds is 7. The highest BCUT2D eigenvalue weighted by Crippen LogP contribution is 2.22. The van der Waals surface area contributed by atoms with Gasteiger partial charge in [0.15, 0.2) is 0 Å². The van der Waals surface area contributed by atoms with Crippen LogP contribution in [0.5, 0.6) is 0 Å². The third-order valence-electron chi connectivity index (χ3n) is 4.70. The zero-order valence-corrected chi connectivity index (χ0v) is 18.6. The summed E-state index contributed by atoms with van der Waals surface area (Å²) in [7, 11) is -3.42. The van der Waals surface area contributed by atoms with Crippen LogP contribution in [0.4, 0.5) is 0 Å². The zero-order valence-electron chi connectivity index (χ0n) is 16.9. The summed E-state index contributed by atoms with van der Waals surface area (Å²) >= 11 is 1.60. The van der Waals surface area contributed by atoms with Gasteiger partial charge in [-0.2, -0.15) is 4.31 Å². The Kier molecular flexibility index (Phi) is 7.05. The quantitative estimate of drug-likeness (QED) is 0.718. The minimum absolute atomic E-state index is 0.0947. The van der Waals surface area contributed by atoms with Crippen molar-refractivity contribution in [2.75, 3.05) is 25.4 Å². The van der Waals surface area contributed by atoms with Crippen LogP contribution in [-0.2, 0) is 26.0 Å². The first-order valence-corrected chi connectivity index (χ1v) is 12.1. The molecule has 1 N–H and O–H groups in total. The van der Waals surface area contributed by atoms with Crippen molar-refractivity contribution in [2.24, 2.45) is 0 Å². The van der Waals surface area contributed by atoms with Gasteiger partial charge in [0.25, 0.3) is 0 Å². The van der Waals surface area contributed by atoms with Gasteiger partial charge in [-0.1, -0.05) is 24.3 Å². The van der Waals surface area contributed by atoms with Crippen molar-refractivity contribution in [3.63, 3.8) is 0 Å². The van der Waals surface area contributed by atoms with E-state index >= 15 is 0 Å². The van der Waals surface area contributed by atoms with Crippen molar-refractivity contribution in [1.82, 2.24) is 14.6 Å². The predicted molar refractivity (Wildman–Crippen MR) is 114 cm³/mol. The Hall–Kier alpha value is -1.81. The predicted octanol–water partition coefficient (Wildman–Crippen LogP) is 2.22. The van der Waals surface area contributed by atoms with Crippen molar-refractivity contribution in [3.05, 3.63) is 40.2 Å². The summed E-state index contributed by atoms with van der Waals surface area (Å²) in [4.78, 5) is 16.6. The average Bonchev–Trinajstić information content (AvgIpc) is 3.08. The van der Waals surface area contributed by atoms with Crippen molar-refractivity contribution in [1.29, 1.82) is 0 Å². The lowest BCUT2D eigenvalue weighted by atomic mass is 10.1. The molecular weight excluding hydrogens is 410 g/mol. The normalized spacial score (nSPS) is 20.5. The topological polar surface area (TPSA) is 88.6 Å². The number of amides is 1. The number of hydrogen-bond acceptors (Lipinski definition) is 6. The highest BCUT2D eigenvalue weighted by atomic mass is 32.2. The monoisotopic (exact) mass is 437 g/mol. The molecule has 1 aromatic heterocycles. The third kappa shape index (κ3) is 6.08. The van der Waals surface area contributed by atoms with Crippen molar-refractivity contribution in [3.8, 4) is 11.3 Å². The van der Waals surface area contributed by atoms with E-state index in [0.29, 0.717) is 13.1 Å². The lowest BCUT2D eigenvalue weighted by molar-refractivity contribution is -0.120. The van der Waals surface area contributed by atoms with Gasteiger partial charge < -0.3 is 10.1 Å². The number of thiazole rings is 1. The molecule has 0 saturated carbocycles. The number of hydrogen-bond donors (Lipinski definition) is 1. The Morgan fingerprint density at radius 3 is 2.48 bits per heavy atom. The third-order valence-corrected chi connectivity index (χ3v) is 7.27. The molecule has 0 spiro atoms. The second-order valence-corrected chi connectivity index (χ2v) is 10.5. The Morgan fingerprint density at radius 2 is 1.90 bits per heavy atom. The van der Waals surface area contributed by atoms with Crippen molar-refractivity contribution < 1.29 is 17.9 Å². The molecule has 1 aliphatic heterocycles. The number of ether oxygens (including phenoxy) is 1. The molecule has 1 saturated heterocycles. The van der Waals surface area contributed by atoms with Gasteiger partial charge in [0, 0.05) is 30.6 Å². The molecule has 2 aromatic rings. The number of carbonyl (C=O) groups is 1. The molecule has 7 nitrogen and oxygen atoms in total. The standard InChI is InChI=1S/C20H27N3O4S2/c1-14-11-23(12-15(2)27-14)29(25,26)9-8-21-20(24)10-17-4-6-18(7-5-17)19-13-28-16(3)22-19/h4-7,13-15H,8-12H2,1-3H3,(H,21,24)/t14-,15+. The highest BCUT2D eigenvalue weighted by molar-refractivity contribution is 7.89. The molecule has 3 rings (SSSR count).